The fraction of sp³-hybridized carbons (Fsp3) is 0. The second kappa shape index (κ2) is 5.39. The van der Waals surface area contributed by atoms with E-state index in [9.17, 15) is 0 Å². The molecule has 0 aromatic heterocycles. The van der Waals surface area contributed by atoms with E-state index in [0.717, 1.165) is 0 Å². The summed E-state index contributed by atoms with van der Waals surface area (Å²) >= 11 is 3.47. The molecule has 0 radical (unpaired) electrons. The van der Waals surface area contributed by atoms with E-state index in [4.69, 9.17) is 13.3 Å². The molecule has 0 aliphatic rings. The van der Waals surface area contributed by atoms with Gasteiger partial charge in [0, 0.05) is 11.2 Å². The molecule has 0 amide bonds. The first-order valence-electron chi connectivity index (χ1n) is 0.698. The molecule has 7 heavy (non-hydrogen) atoms. The molecule has 0 aromatic rings. The van der Waals surface area contributed by atoms with Crippen LogP contribution in [-0.2, 0) is 20.2 Å². The van der Waals surface area contributed by atoms with Gasteiger partial charge in [0.05, 0.1) is 0 Å². The van der Waals surface area contributed by atoms with Gasteiger partial charge in [-0.2, -0.15) is 4.21 Å². The van der Waals surface area contributed by atoms with Crippen molar-refractivity contribution in [3.05, 3.63) is 0 Å². The first-order chi connectivity index (χ1) is 2.00. The van der Waals surface area contributed by atoms with Gasteiger partial charge in [0.25, 0.3) is 9.05 Å². The molecule has 4 nitrogen and oxygen atoms in total. The third kappa shape index (κ3) is 128. The average Bonchev–Trinajstić information content (AvgIpc) is 0.722. The van der Waals surface area contributed by atoms with Crippen LogP contribution in [0.25, 0.3) is 0 Å². The molecule has 0 bridgehead atoms. The van der Waals surface area contributed by atoms with Gasteiger partial charge in [0.2, 0.25) is 0 Å². The SMILES string of the molecule is O.O=S(O)(O)=S.[H-].[Na+]. The van der Waals surface area contributed by atoms with E-state index in [1.807, 2.05) is 0 Å². The smallest absolute Gasteiger partial charge is 1.00 e. The molecule has 7 heteroatoms. The van der Waals surface area contributed by atoms with E-state index in [2.05, 4.69) is 11.2 Å². The van der Waals surface area contributed by atoms with Crippen LogP contribution in [0, 0.1) is 0 Å². The fourth-order valence-electron chi connectivity index (χ4n) is 0. The Balaban J connectivity index is -0.0000000267. The van der Waals surface area contributed by atoms with Gasteiger partial charge in [-0.25, -0.2) is 0 Å². The molecule has 4 N–H and O–H groups in total. The monoisotopic (exact) mass is 156 g/mol. The second-order valence-electron chi connectivity index (χ2n) is 0.448. The summed E-state index contributed by atoms with van der Waals surface area (Å²) in [6, 6.07) is 0. The molecule has 0 fully saturated rings. The molecule has 0 rings (SSSR count). The molecule has 0 aliphatic carbocycles. The Bertz CT molecular complexity index is 97.2. The number of hydrogen-bond donors (Lipinski definition) is 2. The average molecular weight is 156 g/mol. The summed E-state index contributed by atoms with van der Waals surface area (Å²) in [5.74, 6) is 0. The summed E-state index contributed by atoms with van der Waals surface area (Å²) in [7, 11) is -3.83. The molecule has 0 saturated carbocycles. The summed E-state index contributed by atoms with van der Waals surface area (Å²) < 4.78 is 24.0. The van der Waals surface area contributed by atoms with E-state index in [0.29, 0.717) is 0 Å². The van der Waals surface area contributed by atoms with Crippen molar-refractivity contribution in [3.8, 4) is 0 Å². The Hall–Kier alpha value is 1.25. The Morgan fingerprint density at radius 3 is 1.57 bits per heavy atom. The zero-order chi connectivity index (χ0) is 4.50. The van der Waals surface area contributed by atoms with Gasteiger partial charge in [0.15, 0.2) is 0 Å². The third-order valence-corrected chi connectivity index (χ3v) is 0. The largest absolute Gasteiger partial charge is 1.00 e. The van der Waals surface area contributed by atoms with Gasteiger partial charge in [-0.1, -0.05) is 0 Å². The van der Waals surface area contributed by atoms with Crippen LogP contribution in [0.3, 0.4) is 0 Å². The summed E-state index contributed by atoms with van der Waals surface area (Å²) in [4.78, 5) is 0. The maximum Gasteiger partial charge on any atom is 1.00 e. The van der Waals surface area contributed by atoms with Gasteiger partial charge >= 0.3 is 29.6 Å². The molecule has 0 aliphatic heterocycles. The van der Waals surface area contributed by atoms with Crippen LogP contribution in [0.1, 0.15) is 1.43 Å². The van der Waals surface area contributed by atoms with Crippen LogP contribution in [0.4, 0.5) is 0 Å². The maximum absolute atomic E-state index is 9.11. The van der Waals surface area contributed by atoms with Crippen molar-refractivity contribution >= 4 is 20.2 Å². The predicted molar refractivity (Wildman–Crippen MR) is 25.5 cm³/mol. The zero-order valence-electron chi connectivity index (χ0n) is 4.62. The van der Waals surface area contributed by atoms with Crippen LogP contribution >= 0.6 is 0 Å². The van der Waals surface area contributed by atoms with Gasteiger partial charge in [-0.05, 0) is 0 Å². The van der Waals surface area contributed by atoms with Crippen LogP contribution < -0.4 is 29.6 Å². The molecular weight excluding hydrogens is 151 g/mol. The molecular formula is H5NaO4S2. The molecule has 0 heterocycles. The van der Waals surface area contributed by atoms with Gasteiger partial charge in [0.1, 0.15) is 0 Å². The van der Waals surface area contributed by atoms with Crippen molar-refractivity contribution < 1.29 is 49.8 Å². The molecule has 0 unspecified atom stereocenters. The summed E-state index contributed by atoms with van der Waals surface area (Å²) in [6.07, 6.45) is 0. The summed E-state index contributed by atoms with van der Waals surface area (Å²) in [5.41, 5.74) is 0. The van der Waals surface area contributed by atoms with Gasteiger partial charge in [-0.15, -0.1) is 0 Å². The van der Waals surface area contributed by atoms with Crippen LogP contribution in [-0.4, -0.2) is 18.8 Å². The van der Waals surface area contributed by atoms with Crippen molar-refractivity contribution in [1.29, 1.82) is 0 Å². The standard InChI is InChI=1S/Na.H2O3S2.H2O.H/c;1-5(2,3)4;;/h;(H2,1,2,3,4);1H2;/q+1;;;-1. The van der Waals surface area contributed by atoms with Crippen molar-refractivity contribution in [3.63, 3.8) is 0 Å². The second-order valence-corrected chi connectivity index (χ2v) is 2.65. The Morgan fingerprint density at radius 2 is 1.57 bits per heavy atom. The van der Waals surface area contributed by atoms with Gasteiger partial charge in [-0.3, -0.25) is 9.11 Å². The van der Waals surface area contributed by atoms with Crippen molar-refractivity contribution in [1.82, 2.24) is 0 Å². The zero-order valence-corrected chi connectivity index (χ0v) is 7.25. The quantitative estimate of drug-likeness (QED) is 0.349. The van der Waals surface area contributed by atoms with Crippen molar-refractivity contribution in [2.24, 2.45) is 0 Å². The predicted octanol–water partition coefficient (Wildman–Crippen LogP) is -4.03. The summed E-state index contributed by atoms with van der Waals surface area (Å²) in [6.45, 7) is 0. The Morgan fingerprint density at radius 1 is 1.57 bits per heavy atom. The summed E-state index contributed by atoms with van der Waals surface area (Å²) in [5, 5.41) is 0. The molecule has 0 spiro atoms. The third-order valence-electron chi connectivity index (χ3n) is 0. The minimum absolute atomic E-state index is 0. The Labute approximate surface area is 69.7 Å². The minimum Gasteiger partial charge on any atom is -1.00 e. The van der Waals surface area contributed by atoms with Crippen LogP contribution in [0.5, 0.6) is 0 Å². The number of hydrogen-bond acceptors (Lipinski definition) is 2. The molecule has 0 saturated heterocycles. The molecule has 0 aromatic carbocycles. The molecule has 0 atom stereocenters. The normalized spacial score (nSPS) is 8.29. The van der Waals surface area contributed by atoms with Crippen LogP contribution in [0.2, 0.25) is 0 Å². The maximum atomic E-state index is 9.11. The first-order valence-corrected chi connectivity index (χ1v) is 3.10. The van der Waals surface area contributed by atoms with Crippen molar-refractivity contribution in [2.75, 3.05) is 0 Å². The fourth-order valence-corrected chi connectivity index (χ4v) is 0. The Kier molecular flexibility index (Phi) is 12.1. The van der Waals surface area contributed by atoms with E-state index in [1.165, 1.54) is 0 Å². The molecule has 42 valence electrons. The van der Waals surface area contributed by atoms with Crippen molar-refractivity contribution in [2.45, 2.75) is 0 Å². The van der Waals surface area contributed by atoms with E-state index in [1.54, 1.807) is 0 Å². The minimum atomic E-state index is -3.83. The first kappa shape index (κ1) is 15.7. The van der Waals surface area contributed by atoms with Crippen LogP contribution in [0.15, 0.2) is 0 Å². The topological polar surface area (TPSA) is 89.0 Å². The van der Waals surface area contributed by atoms with E-state index in [-0.39, 0.29) is 36.5 Å². The van der Waals surface area contributed by atoms with E-state index >= 15 is 0 Å². The van der Waals surface area contributed by atoms with Gasteiger partial charge < -0.3 is 6.90 Å². The number of rotatable bonds is 0. The van der Waals surface area contributed by atoms with E-state index < -0.39 is 9.05 Å².